The van der Waals surface area contributed by atoms with E-state index in [0.29, 0.717) is 30.3 Å². The van der Waals surface area contributed by atoms with E-state index in [1.54, 1.807) is 0 Å². The summed E-state index contributed by atoms with van der Waals surface area (Å²) in [6, 6.07) is 10.7. The summed E-state index contributed by atoms with van der Waals surface area (Å²) in [6.07, 6.45) is 0. The van der Waals surface area contributed by atoms with Gasteiger partial charge >= 0.3 is 6.61 Å². The Morgan fingerprint density at radius 3 is 2.22 bits per heavy atom. The van der Waals surface area contributed by atoms with Crippen LogP contribution < -0.4 is 19.5 Å². The minimum absolute atomic E-state index is 0.00228. The monoisotopic (exact) mass is 379 g/mol. The topological polar surface area (TPSA) is 56.8 Å². The van der Waals surface area contributed by atoms with Gasteiger partial charge in [-0.05, 0) is 62.7 Å². The van der Waals surface area contributed by atoms with Crippen molar-refractivity contribution in [2.24, 2.45) is 0 Å². The van der Waals surface area contributed by atoms with Crippen LogP contribution >= 0.6 is 0 Å². The fourth-order valence-electron chi connectivity index (χ4n) is 2.49. The molecule has 1 amide bonds. The molecule has 0 saturated carbocycles. The smallest absolute Gasteiger partial charge is 0.387 e. The van der Waals surface area contributed by atoms with E-state index < -0.39 is 6.61 Å². The van der Waals surface area contributed by atoms with Crippen LogP contribution in [0.3, 0.4) is 0 Å². The number of hydrogen-bond donors (Lipinski definition) is 1. The van der Waals surface area contributed by atoms with Gasteiger partial charge in [-0.15, -0.1) is 0 Å². The maximum Gasteiger partial charge on any atom is 0.387 e. The van der Waals surface area contributed by atoms with Crippen molar-refractivity contribution in [3.8, 4) is 17.2 Å². The lowest BCUT2D eigenvalue weighted by Gasteiger charge is -2.17. The number of hydrogen-bond acceptors (Lipinski definition) is 4. The van der Waals surface area contributed by atoms with Crippen molar-refractivity contribution in [1.29, 1.82) is 0 Å². The highest BCUT2D eigenvalue weighted by atomic mass is 19.3. The molecule has 1 atom stereocenters. The van der Waals surface area contributed by atoms with E-state index in [2.05, 4.69) is 10.1 Å². The lowest BCUT2D eigenvalue weighted by molar-refractivity contribution is -0.0498. The van der Waals surface area contributed by atoms with Crippen LogP contribution in [0.1, 0.15) is 42.7 Å². The fraction of sp³-hybridized carbons (Fsp3) is 0.350. The van der Waals surface area contributed by atoms with Crippen molar-refractivity contribution in [2.75, 3.05) is 13.2 Å². The molecular weight excluding hydrogens is 356 g/mol. The molecule has 0 fully saturated rings. The van der Waals surface area contributed by atoms with Crippen LogP contribution in [0.5, 0.6) is 17.2 Å². The molecule has 0 aliphatic heterocycles. The second kappa shape index (κ2) is 9.75. The van der Waals surface area contributed by atoms with Gasteiger partial charge in [-0.2, -0.15) is 8.78 Å². The minimum Gasteiger partial charge on any atom is -0.490 e. The van der Waals surface area contributed by atoms with Gasteiger partial charge in [0.1, 0.15) is 5.75 Å². The zero-order valence-electron chi connectivity index (χ0n) is 15.5. The number of carbonyl (C=O) groups excluding carboxylic acids is 1. The molecule has 2 rings (SSSR count). The predicted molar refractivity (Wildman–Crippen MR) is 97.7 cm³/mol. The summed E-state index contributed by atoms with van der Waals surface area (Å²) in [4.78, 5) is 12.4. The first kappa shape index (κ1) is 20.5. The Hall–Kier alpha value is -2.83. The minimum atomic E-state index is -2.90. The first-order valence-corrected chi connectivity index (χ1v) is 8.69. The van der Waals surface area contributed by atoms with Crippen LogP contribution in [-0.4, -0.2) is 25.7 Å². The van der Waals surface area contributed by atoms with Crippen LogP contribution in [0.2, 0.25) is 0 Å². The van der Waals surface area contributed by atoms with E-state index in [1.165, 1.54) is 24.3 Å². The van der Waals surface area contributed by atoms with E-state index in [0.717, 1.165) is 5.56 Å². The van der Waals surface area contributed by atoms with Gasteiger partial charge in [-0.1, -0.05) is 6.07 Å². The van der Waals surface area contributed by atoms with Crippen LogP contribution in [0.4, 0.5) is 8.78 Å². The summed E-state index contributed by atoms with van der Waals surface area (Å²) < 4.78 is 39.8. The Morgan fingerprint density at radius 1 is 1.00 bits per heavy atom. The zero-order valence-corrected chi connectivity index (χ0v) is 15.5. The number of nitrogens with one attached hydrogen (secondary N) is 1. The normalized spacial score (nSPS) is 11.8. The lowest BCUT2D eigenvalue weighted by Crippen LogP contribution is -2.26. The number of halogens is 2. The molecule has 0 saturated heterocycles. The average molecular weight is 379 g/mol. The molecular formula is C20H23F2NO4. The number of alkyl halides is 2. The van der Waals surface area contributed by atoms with Gasteiger partial charge in [0.15, 0.2) is 11.5 Å². The van der Waals surface area contributed by atoms with Crippen molar-refractivity contribution in [3.05, 3.63) is 53.6 Å². The molecule has 0 unspecified atom stereocenters. The van der Waals surface area contributed by atoms with Crippen LogP contribution in [-0.2, 0) is 0 Å². The second-order valence-corrected chi connectivity index (χ2v) is 5.67. The van der Waals surface area contributed by atoms with E-state index >= 15 is 0 Å². The van der Waals surface area contributed by atoms with Crippen LogP contribution in [0.25, 0.3) is 0 Å². The summed E-state index contributed by atoms with van der Waals surface area (Å²) in [7, 11) is 0. The molecule has 7 heteroatoms. The Bertz CT molecular complexity index is 750. The molecule has 0 spiro atoms. The van der Waals surface area contributed by atoms with Gasteiger partial charge in [0, 0.05) is 5.56 Å². The Balaban J connectivity index is 2.08. The molecule has 2 aromatic rings. The highest BCUT2D eigenvalue weighted by molar-refractivity contribution is 5.94. The standard InChI is InChI=1S/C20H23F2NO4/c1-4-25-17-11-8-15(12-18(17)26-5-2)13(3)23-19(24)14-6-9-16(10-7-14)27-20(21)22/h6-13,20H,4-5H2,1-3H3,(H,23,24)/t13-/m1/s1. The fourth-order valence-corrected chi connectivity index (χ4v) is 2.49. The molecule has 0 bridgehead atoms. The highest BCUT2D eigenvalue weighted by Gasteiger charge is 2.15. The summed E-state index contributed by atoms with van der Waals surface area (Å²) in [5.41, 5.74) is 1.20. The maximum atomic E-state index is 12.4. The Morgan fingerprint density at radius 2 is 1.63 bits per heavy atom. The molecule has 27 heavy (non-hydrogen) atoms. The molecule has 0 heterocycles. The molecule has 0 aliphatic rings. The Kier molecular flexibility index (Phi) is 7.40. The summed E-state index contributed by atoms with van der Waals surface area (Å²) in [6.45, 7) is 3.74. The quantitative estimate of drug-likeness (QED) is 0.693. The maximum absolute atomic E-state index is 12.4. The third-order valence-corrected chi connectivity index (χ3v) is 3.76. The number of amides is 1. The van der Waals surface area contributed by atoms with Crippen molar-refractivity contribution in [1.82, 2.24) is 5.32 Å². The second-order valence-electron chi connectivity index (χ2n) is 5.67. The van der Waals surface area contributed by atoms with E-state index in [4.69, 9.17) is 9.47 Å². The first-order chi connectivity index (χ1) is 12.9. The number of benzene rings is 2. The van der Waals surface area contributed by atoms with E-state index in [1.807, 2.05) is 39.0 Å². The molecule has 0 aliphatic carbocycles. The van der Waals surface area contributed by atoms with Crippen LogP contribution in [0, 0.1) is 0 Å². The number of rotatable bonds is 9. The first-order valence-electron chi connectivity index (χ1n) is 8.69. The summed E-state index contributed by atoms with van der Waals surface area (Å²) in [5.74, 6) is 0.947. The molecule has 1 N–H and O–H groups in total. The van der Waals surface area contributed by atoms with Gasteiger partial charge in [0.2, 0.25) is 0 Å². The highest BCUT2D eigenvalue weighted by Crippen LogP contribution is 2.30. The van der Waals surface area contributed by atoms with Crippen molar-refractivity contribution < 1.29 is 27.8 Å². The van der Waals surface area contributed by atoms with Gasteiger partial charge in [-0.25, -0.2) is 0 Å². The summed E-state index contributed by atoms with van der Waals surface area (Å²) >= 11 is 0. The largest absolute Gasteiger partial charge is 0.490 e. The van der Waals surface area contributed by atoms with Crippen molar-refractivity contribution in [3.63, 3.8) is 0 Å². The average Bonchev–Trinajstić information content (AvgIpc) is 2.63. The van der Waals surface area contributed by atoms with Crippen molar-refractivity contribution >= 4 is 5.91 Å². The lowest BCUT2D eigenvalue weighted by atomic mass is 10.1. The number of ether oxygens (including phenoxy) is 3. The molecule has 0 radical (unpaired) electrons. The third-order valence-electron chi connectivity index (χ3n) is 3.76. The third kappa shape index (κ3) is 5.84. The SMILES string of the molecule is CCOc1ccc([C@@H](C)NC(=O)c2ccc(OC(F)F)cc2)cc1OCC. The molecule has 5 nitrogen and oxygen atoms in total. The molecule has 0 aromatic heterocycles. The van der Waals surface area contributed by atoms with Gasteiger partial charge in [0.25, 0.3) is 5.91 Å². The van der Waals surface area contributed by atoms with Gasteiger partial charge < -0.3 is 19.5 Å². The predicted octanol–water partition coefficient (Wildman–Crippen LogP) is 4.58. The Labute approximate surface area is 157 Å². The van der Waals surface area contributed by atoms with E-state index in [9.17, 15) is 13.6 Å². The van der Waals surface area contributed by atoms with Gasteiger partial charge in [-0.3, -0.25) is 4.79 Å². The summed E-state index contributed by atoms with van der Waals surface area (Å²) in [5, 5.41) is 2.87. The van der Waals surface area contributed by atoms with Gasteiger partial charge in [0.05, 0.1) is 19.3 Å². The molecule has 146 valence electrons. The number of carbonyl (C=O) groups is 1. The zero-order chi connectivity index (χ0) is 19.8. The van der Waals surface area contributed by atoms with Crippen molar-refractivity contribution in [2.45, 2.75) is 33.4 Å². The van der Waals surface area contributed by atoms with E-state index in [-0.39, 0.29) is 17.7 Å². The van der Waals surface area contributed by atoms with Crippen LogP contribution in [0.15, 0.2) is 42.5 Å². The molecule has 2 aromatic carbocycles.